The average molecular weight is 231 g/mol. The van der Waals surface area contributed by atoms with Gasteiger partial charge in [0.1, 0.15) is 0 Å². The first-order valence-corrected chi connectivity index (χ1v) is 7.19. The Morgan fingerprint density at radius 3 is 2.33 bits per heavy atom. The van der Waals surface area contributed by atoms with E-state index in [9.17, 15) is 4.21 Å². The Balaban J connectivity index is 3.43. The van der Waals surface area contributed by atoms with Gasteiger partial charge in [0.2, 0.25) is 0 Å². The third kappa shape index (κ3) is 7.74. The van der Waals surface area contributed by atoms with Crippen LogP contribution < -0.4 is 5.14 Å². The van der Waals surface area contributed by atoms with Gasteiger partial charge in [-0.2, -0.15) is 0 Å². The second kappa shape index (κ2) is 9.10. The highest BCUT2D eigenvalue weighted by Gasteiger charge is 2.10. The van der Waals surface area contributed by atoms with E-state index in [1.807, 2.05) is 6.92 Å². The van der Waals surface area contributed by atoms with Crippen LogP contribution in [0.15, 0.2) is 12.2 Å². The zero-order chi connectivity index (χ0) is 11.7. The summed E-state index contributed by atoms with van der Waals surface area (Å²) in [7, 11) is -1.25. The van der Waals surface area contributed by atoms with Gasteiger partial charge in [-0.05, 0) is 19.8 Å². The van der Waals surface area contributed by atoms with E-state index in [1.165, 1.54) is 32.1 Å². The standard InChI is InChI=1S/C12H25NOS/c1-4-5-6-7-8-9-10-11(2)12(3)15(13)14/h12H,2,4-10,13H2,1,3H3. The lowest BCUT2D eigenvalue weighted by molar-refractivity contribution is 0.603. The van der Waals surface area contributed by atoms with Crippen molar-refractivity contribution in [3.63, 3.8) is 0 Å². The molecule has 0 aliphatic rings. The molecule has 0 fully saturated rings. The number of unbranched alkanes of at least 4 members (excludes halogenated alkanes) is 5. The van der Waals surface area contributed by atoms with Crippen LogP contribution in [-0.2, 0) is 11.0 Å². The van der Waals surface area contributed by atoms with Crippen LogP contribution in [0.1, 0.15) is 58.8 Å². The van der Waals surface area contributed by atoms with E-state index in [2.05, 4.69) is 13.5 Å². The van der Waals surface area contributed by atoms with E-state index in [0.717, 1.165) is 18.4 Å². The van der Waals surface area contributed by atoms with Gasteiger partial charge in [0.05, 0.1) is 16.2 Å². The molecule has 0 saturated carbocycles. The summed E-state index contributed by atoms with van der Waals surface area (Å²) in [4.78, 5) is 0. The van der Waals surface area contributed by atoms with Gasteiger partial charge in [0.15, 0.2) is 0 Å². The molecule has 2 atom stereocenters. The lowest BCUT2D eigenvalue weighted by atomic mass is 10.0. The van der Waals surface area contributed by atoms with E-state index in [0.29, 0.717) is 0 Å². The Morgan fingerprint density at radius 1 is 1.27 bits per heavy atom. The molecule has 0 spiro atoms. The maximum Gasteiger partial charge on any atom is 0.0958 e. The molecule has 0 aromatic rings. The summed E-state index contributed by atoms with van der Waals surface area (Å²) in [5.74, 6) is 0. The second-order valence-corrected chi connectivity index (χ2v) is 5.51. The van der Waals surface area contributed by atoms with E-state index in [-0.39, 0.29) is 5.25 Å². The first-order valence-electron chi connectivity index (χ1n) is 5.92. The average Bonchev–Trinajstić information content (AvgIpc) is 2.21. The molecule has 0 saturated heterocycles. The van der Waals surface area contributed by atoms with Crippen LogP contribution in [-0.4, -0.2) is 9.46 Å². The molecule has 0 aromatic heterocycles. The minimum Gasteiger partial charge on any atom is -0.251 e. The second-order valence-electron chi connectivity index (χ2n) is 4.15. The molecule has 0 radical (unpaired) electrons. The van der Waals surface area contributed by atoms with Crippen molar-refractivity contribution in [1.82, 2.24) is 0 Å². The van der Waals surface area contributed by atoms with Gasteiger partial charge in [0.25, 0.3) is 0 Å². The summed E-state index contributed by atoms with van der Waals surface area (Å²) in [6.07, 6.45) is 8.64. The first-order chi connectivity index (χ1) is 7.09. The molecule has 2 nitrogen and oxygen atoms in total. The van der Waals surface area contributed by atoms with Gasteiger partial charge in [-0.1, -0.05) is 51.2 Å². The number of nitrogens with two attached hydrogens (primary N) is 1. The molecule has 0 amide bonds. The fourth-order valence-corrected chi connectivity index (χ4v) is 1.95. The van der Waals surface area contributed by atoms with Crippen molar-refractivity contribution < 1.29 is 4.21 Å². The highest BCUT2D eigenvalue weighted by atomic mass is 32.2. The third-order valence-corrected chi connectivity index (χ3v) is 3.81. The topological polar surface area (TPSA) is 43.1 Å². The smallest absolute Gasteiger partial charge is 0.0958 e. The summed E-state index contributed by atoms with van der Waals surface area (Å²) >= 11 is 0. The van der Waals surface area contributed by atoms with Crippen LogP contribution in [0, 0.1) is 0 Å². The molecule has 0 bridgehead atoms. The Labute approximate surface area is 96.9 Å². The van der Waals surface area contributed by atoms with Gasteiger partial charge >= 0.3 is 0 Å². The summed E-state index contributed by atoms with van der Waals surface area (Å²) in [6, 6.07) is 0. The Hall–Kier alpha value is -0.150. The van der Waals surface area contributed by atoms with Crippen LogP contribution in [0.25, 0.3) is 0 Å². The molecule has 0 heterocycles. The van der Waals surface area contributed by atoms with E-state index < -0.39 is 11.0 Å². The fourth-order valence-electron chi connectivity index (χ4n) is 1.50. The van der Waals surface area contributed by atoms with E-state index in [1.54, 1.807) is 0 Å². The van der Waals surface area contributed by atoms with Crippen molar-refractivity contribution in [2.75, 3.05) is 0 Å². The van der Waals surface area contributed by atoms with Gasteiger partial charge < -0.3 is 0 Å². The summed E-state index contributed by atoms with van der Waals surface area (Å²) in [5.41, 5.74) is 1.03. The van der Waals surface area contributed by atoms with Crippen LogP contribution in [0.3, 0.4) is 0 Å². The van der Waals surface area contributed by atoms with Crippen molar-refractivity contribution >= 4 is 11.0 Å². The van der Waals surface area contributed by atoms with Crippen LogP contribution >= 0.6 is 0 Å². The lowest BCUT2D eigenvalue weighted by Crippen LogP contribution is -2.20. The van der Waals surface area contributed by atoms with Gasteiger partial charge in [0, 0.05) is 0 Å². The fraction of sp³-hybridized carbons (Fsp3) is 0.833. The zero-order valence-corrected chi connectivity index (χ0v) is 10.9. The van der Waals surface area contributed by atoms with Crippen LogP contribution in [0.4, 0.5) is 0 Å². The first kappa shape index (κ1) is 14.8. The third-order valence-electron chi connectivity index (χ3n) is 2.77. The molecule has 15 heavy (non-hydrogen) atoms. The van der Waals surface area contributed by atoms with Crippen molar-refractivity contribution in [3.05, 3.63) is 12.2 Å². The Bertz CT molecular complexity index is 204. The van der Waals surface area contributed by atoms with Gasteiger partial charge in [-0.25, -0.2) is 4.21 Å². The summed E-state index contributed by atoms with van der Waals surface area (Å²) < 4.78 is 11.0. The maximum atomic E-state index is 11.0. The van der Waals surface area contributed by atoms with Gasteiger partial charge in [-0.15, -0.1) is 0 Å². The van der Waals surface area contributed by atoms with Crippen LogP contribution in [0.5, 0.6) is 0 Å². The largest absolute Gasteiger partial charge is 0.251 e. The highest BCUT2D eigenvalue weighted by molar-refractivity contribution is 7.83. The maximum absolute atomic E-state index is 11.0. The van der Waals surface area contributed by atoms with Crippen molar-refractivity contribution in [3.8, 4) is 0 Å². The molecule has 90 valence electrons. The summed E-state index contributed by atoms with van der Waals surface area (Å²) in [5, 5.41) is 5.26. The molecule has 0 aliphatic heterocycles. The minimum absolute atomic E-state index is 0.0550. The Morgan fingerprint density at radius 2 is 1.80 bits per heavy atom. The summed E-state index contributed by atoms with van der Waals surface area (Å²) in [6.45, 7) is 8.04. The molecule has 0 aromatic carbocycles. The number of hydrogen-bond acceptors (Lipinski definition) is 1. The van der Waals surface area contributed by atoms with Crippen molar-refractivity contribution in [2.24, 2.45) is 5.14 Å². The molecule has 2 N–H and O–H groups in total. The normalized spacial score (nSPS) is 14.9. The zero-order valence-electron chi connectivity index (χ0n) is 10.1. The molecule has 2 unspecified atom stereocenters. The van der Waals surface area contributed by atoms with E-state index in [4.69, 9.17) is 5.14 Å². The Kier molecular flexibility index (Phi) is 9.01. The molecule has 0 rings (SSSR count). The minimum atomic E-state index is -1.25. The monoisotopic (exact) mass is 231 g/mol. The van der Waals surface area contributed by atoms with Gasteiger partial charge in [-0.3, -0.25) is 5.14 Å². The molecular formula is C12H25NOS. The predicted molar refractivity (Wildman–Crippen MR) is 68.9 cm³/mol. The number of hydrogen-bond donors (Lipinski definition) is 1. The molecule has 0 aliphatic carbocycles. The SMILES string of the molecule is C=C(CCCCCCCC)C(C)S(N)=O. The quantitative estimate of drug-likeness (QED) is 0.480. The van der Waals surface area contributed by atoms with Crippen molar-refractivity contribution in [2.45, 2.75) is 64.0 Å². The molecular weight excluding hydrogens is 206 g/mol. The van der Waals surface area contributed by atoms with E-state index >= 15 is 0 Å². The lowest BCUT2D eigenvalue weighted by Gasteiger charge is -2.11. The number of rotatable bonds is 9. The highest BCUT2D eigenvalue weighted by Crippen LogP contribution is 2.14. The van der Waals surface area contributed by atoms with Crippen molar-refractivity contribution in [1.29, 1.82) is 0 Å². The predicted octanol–water partition coefficient (Wildman–Crippen LogP) is 3.30. The van der Waals surface area contributed by atoms with Crippen LogP contribution in [0.2, 0.25) is 0 Å². The molecule has 3 heteroatoms.